The van der Waals surface area contributed by atoms with Crippen LogP contribution in [0.4, 0.5) is 23.5 Å². The predicted molar refractivity (Wildman–Crippen MR) is 86.3 cm³/mol. The van der Waals surface area contributed by atoms with Crippen molar-refractivity contribution in [3.8, 4) is 0 Å². The molecule has 0 aliphatic heterocycles. The first-order valence-electron chi connectivity index (χ1n) is 6.80. The Kier molecular flexibility index (Phi) is 5.26. The number of carbonyl (C=O) groups is 2. The van der Waals surface area contributed by atoms with Crippen LogP contribution in [-0.4, -0.2) is 56.4 Å². The van der Waals surface area contributed by atoms with E-state index in [1.165, 1.54) is 19.2 Å². The van der Waals surface area contributed by atoms with E-state index in [1.807, 2.05) is 0 Å². The van der Waals surface area contributed by atoms with Crippen LogP contribution in [0.2, 0.25) is 0 Å². The molecular formula is C13H15N7O5. The van der Waals surface area contributed by atoms with E-state index < -0.39 is 11.9 Å². The van der Waals surface area contributed by atoms with E-state index >= 15 is 0 Å². The molecule has 0 atom stereocenters. The second kappa shape index (κ2) is 7.37. The normalized spacial score (nSPS) is 10.2. The largest absolute Gasteiger partial charge is 0.478 e. The van der Waals surface area contributed by atoms with Crippen LogP contribution in [0.1, 0.15) is 20.7 Å². The van der Waals surface area contributed by atoms with Crippen LogP contribution in [0.3, 0.4) is 0 Å². The summed E-state index contributed by atoms with van der Waals surface area (Å²) >= 11 is 0. The van der Waals surface area contributed by atoms with Gasteiger partial charge in [-0.05, 0) is 18.2 Å². The number of hydrogen-bond donors (Lipinski definition) is 6. The molecule has 1 aromatic carbocycles. The summed E-state index contributed by atoms with van der Waals surface area (Å²) in [6, 6.07) is 3.49. The van der Waals surface area contributed by atoms with E-state index in [0.29, 0.717) is 5.06 Å². The van der Waals surface area contributed by atoms with Crippen LogP contribution >= 0.6 is 0 Å². The van der Waals surface area contributed by atoms with Crippen molar-refractivity contribution in [2.24, 2.45) is 0 Å². The molecule has 0 unspecified atom stereocenters. The van der Waals surface area contributed by atoms with Crippen LogP contribution in [0.5, 0.6) is 0 Å². The van der Waals surface area contributed by atoms with Gasteiger partial charge in [0.05, 0.1) is 11.1 Å². The Labute approximate surface area is 141 Å². The van der Waals surface area contributed by atoms with Gasteiger partial charge in [-0.2, -0.15) is 15.0 Å². The lowest BCUT2D eigenvalue weighted by Gasteiger charge is -2.13. The van der Waals surface area contributed by atoms with Gasteiger partial charge in [-0.25, -0.2) is 20.1 Å². The van der Waals surface area contributed by atoms with Gasteiger partial charge >= 0.3 is 11.9 Å². The zero-order valence-corrected chi connectivity index (χ0v) is 13.2. The smallest absolute Gasteiger partial charge is 0.335 e. The third-order valence-electron chi connectivity index (χ3n) is 2.83. The van der Waals surface area contributed by atoms with Crippen molar-refractivity contribution in [3.63, 3.8) is 0 Å². The Morgan fingerprint density at radius 1 is 1.00 bits per heavy atom. The summed E-state index contributed by atoms with van der Waals surface area (Å²) in [7, 11) is 2.88. The molecule has 0 bridgehead atoms. The van der Waals surface area contributed by atoms with Crippen LogP contribution < -0.4 is 21.2 Å². The third-order valence-corrected chi connectivity index (χ3v) is 2.83. The number of hydroxylamine groups is 1. The van der Waals surface area contributed by atoms with Crippen LogP contribution in [0.15, 0.2) is 18.2 Å². The van der Waals surface area contributed by atoms with Gasteiger partial charge in [-0.3, -0.25) is 10.6 Å². The number of carboxylic acids is 2. The predicted octanol–water partition coefficient (Wildman–Crippen LogP) is 0.383. The highest BCUT2D eigenvalue weighted by molar-refractivity contribution is 5.95. The first-order valence-corrected chi connectivity index (χ1v) is 6.80. The summed E-state index contributed by atoms with van der Waals surface area (Å²) in [5, 5.41) is 31.0. The SMILES string of the molecule is CNNc1nc(Nc2cc(C(=O)O)cc(C(=O)O)c2)nc(N(C)O)n1. The van der Waals surface area contributed by atoms with E-state index in [4.69, 9.17) is 10.2 Å². The molecule has 12 heteroatoms. The summed E-state index contributed by atoms with van der Waals surface area (Å²) in [5.41, 5.74) is 4.92. The van der Waals surface area contributed by atoms with Gasteiger partial charge in [-0.15, -0.1) is 0 Å². The highest BCUT2D eigenvalue weighted by Gasteiger charge is 2.14. The van der Waals surface area contributed by atoms with Crippen LogP contribution in [0, 0.1) is 0 Å². The van der Waals surface area contributed by atoms with Gasteiger partial charge in [0.15, 0.2) is 0 Å². The molecule has 2 aromatic rings. The second-order valence-corrected chi connectivity index (χ2v) is 4.72. The maximum atomic E-state index is 11.1. The number of carboxylic acid groups (broad SMARTS) is 2. The number of nitrogens with one attached hydrogen (secondary N) is 3. The second-order valence-electron chi connectivity index (χ2n) is 4.72. The van der Waals surface area contributed by atoms with Crippen molar-refractivity contribution in [1.29, 1.82) is 0 Å². The molecule has 0 amide bonds. The molecule has 1 aromatic heterocycles. The molecule has 0 spiro atoms. The van der Waals surface area contributed by atoms with E-state index in [9.17, 15) is 14.8 Å². The highest BCUT2D eigenvalue weighted by atomic mass is 16.5. The molecule has 0 fully saturated rings. The molecule has 132 valence electrons. The fourth-order valence-corrected chi connectivity index (χ4v) is 1.81. The van der Waals surface area contributed by atoms with E-state index in [-0.39, 0.29) is 34.7 Å². The topological polar surface area (TPSA) is 173 Å². The zero-order valence-electron chi connectivity index (χ0n) is 13.2. The van der Waals surface area contributed by atoms with Gasteiger partial charge < -0.3 is 15.5 Å². The highest BCUT2D eigenvalue weighted by Crippen LogP contribution is 2.20. The fourth-order valence-electron chi connectivity index (χ4n) is 1.81. The quantitative estimate of drug-likeness (QED) is 0.380. The van der Waals surface area contributed by atoms with Crippen LogP contribution in [0.25, 0.3) is 0 Å². The van der Waals surface area contributed by atoms with E-state index in [2.05, 4.69) is 31.1 Å². The Balaban J connectivity index is 2.44. The lowest BCUT2D eigenvalue weighted by Crippen LogP contribution is -2.21. The summed E-state index contributed by atoms with van der Waals surface area (Å²) in [4.78, 5) is 34.1. The molecule has 1 heterocycles. The van der Waals surface area contributed by atoms with Crippen molar-refractivity contribution in [1.82, 2.24) is 20.4 Å². The molecule has 6 N–H and O–H groups in total. The summed E-state index contributed by atoms with van der Waals surface area (Å²) in [6.45, 7) is 0. The fraction of sp³-hybridized carbons (Fsp3) is 0.154. The van der Waals surface area contributed by atoms with E-state index in [0.717, 1.165) is 6.07 Å². The number of hydrogen-bond acceptors (Lipinski definition) is 10. The maximum absolute atomic E-state index is 11.1. The zero-order chi connectivity index (χ0) is 18.6. The number of aromatic nitrogens is 3. The number of hydrazine groups is 1. The summed E-state index contributed by atoms with van der Waals surface area (Å²) in [5.74, 6) is -2.63. The minimum absolute atomic E-state index is 0.0393. The van der Waals surface area contributed by atoms with Crippen LogP contribution in [-0.2, 0) is 0 Å². The molecule has 2 rings (SSSR count). The summed E-state index contributed by atoms with van der Waals surface area (Å²) < 4.78 is 0. The minimum atomic E-state index is -1.28. The monoisotopic (exact) mass is 349 g/mol. The molecule has 0 aliphatic carbocycles. The van der Waals surface area contributed by atoms with Gasteiger partial charge in [-0.1, -0.05) is 0 Å². The number of aromatic carboxylic acids is 2. The molecule has 0 saturated carbocycles. The lowest BCUT2D eigenvalue weighted by atomic mass is 10.1. The third kappa shape index (κ3) is 4.49. The Hall–Kier alpha value is -3.51. The Morgan fingerprint density at radius 3 is 2.04 bits per heavy atom. The average molecular weight is 349 g/mol. The standard InChI is InChI=1S/C13H15N7O5/c1-14-19-12-16-11(17-13(18-12)20(2)25)15-8-4-6(9(21)22)3-7(5-8)10(23)24/h3-5,14,25H,1-2H3,(H,21,22)(H,23,24)(H2,15,16,17,18,19). The molecule has 25 heavy (non-hydrogen) atoms. The lowest BCUT2D eigenvalue weighted by molar-refractivity contribution is 0.0696. The van der Waals surface area contributed by atoms with Gasteiger partial charge in [0.25, 0.3) is 5.95 Å². The summed E-state index contributed by atoms with van der Waals surface area (Å²) in [6.07, 6.45) is 0. The maximum Gasteiger partial charge on any atom is 0.335 e. The van der Waals surface area contributed by atoms with Crippen molar-refractivity contribution >= 4 is 35.5 Å². The van der Waals surface area contributed by atoms with Crippen molar-refractivity contribution in [3.05, 3.63) is 29.3 Å². The van der Waals surface area contributed by atoms with Crippen molar-refractivity contribution in [2.75, 3.05) is 29.9 Å². The molecular weight excluding hydrogens is 334 g/mol. The average Bonchev–Trinajstić information content (AvgIpc) is 2.54. The van der Waals surface area contributed by atoms with Gasteiger partial charge in [0.2, 0.25) is 11.9 Å². The minimum Gasteiger partial charge on any atom is -0.478 e. The Morgan fingerprint density at radius 2 is 1.56 bits per heavy atom. The van der Waals surface area contributed by atoms with Crippen molar-refractivity contribution < 1.29 is 25.0 Å². The number of rotatable bonds is 7. The molecule has 0 saturated heterocycles. The number of nitrogens with zero attached hydrogens (tertiary/aromatic N) is 4. The first kappa shape index (κ1) is 17.8. The van der Waals surface area contributed by atoms with E-state index in [1.54, 1.807) is 7.05 Å². The number of benzene rings is 1. The molecule has 0 radical (unpaired) electrons. The molecule has 0 aliphatic rings. The first-order chi connectivity index (χ1) is 11.8. The van der Waals surface area contributed by atoms with Crippen molar-refractivity contribution in [2.45, 2.75) is 0 Å². The Bertz CT molecular complexity index is 779. The number of anilines is 4. The van der Waals surface area contributed by atoms with Gasteiger partial charge in [0.1, 0.15) is 0 Å². The van der Waals surface area contributed by atoms with Gasteiger partial charge in [0, 0.05) is 19.8 Å². The molecule has 12 nitrogen and oxygen atoms in total.